The van der Waals surface area contributed by atoms with Gasteiger partial charge in [-0.2, -0.15) is 0 Å². The molecule has 0 aromatic carbocycles. The van der Waals surface area contributed by atoms with Gasteiger partial charge in [0.2, 0.25) is 5.91 Å². The molecule has 1 radical (unpaired) electrons. The molecule has 11 heavy (non-hydrogen) atoms. The highest BCUT2D eigenvalue weighted by atomic mass is 16.1. The van der Waals surface area contributed by atoms with E-state index < -0.39 is 0 Å². The van der Waals surface area contributed by atoms with Crippen LogP contribution in [0.3, 0.4) is 0 Å². The molecular weight excluding hydrogens is 138 g/mol. The van der Waals surface area contributed by atoms with Gasteiger partial charge in [0.15, 0.2) is 0 Å². The van der Waals surface area contributed by atoms with E-state index in [1.54, 1.807) is 0 Å². The largest absolute Gasteiger partial charge is 0.273 e. The van der Waals surface area contributed by atoms with Gasteiger partial charge in [-0.25, -0.2) is 0 Å². The fourth-order valence-corrected chi connectivity index (χ4v) is 0.958. The number of carbonyl (C=O) groups is 1. The summed E-state index contributed by atoms with van der Waals surface area (Å²) >= 11 is 0. The van der Waals surface area contributed by atoms with Gasteiger partial charge in [-0.1, -0.05) is 26.2 Å². The Hall–Kier alpha value is -0.530. The van der Waals surface area contributed by atoms with Gasteiger partial charge >= 0.3 is 0 Å². The summed E-state index contributed by atoms with van der Waals surface area (Å²) in [5.41, 5.74) is 0. The molecule has 0 aliphatic rings. The van der Waals surface area contributed by atoms with Gasteiger partial charge in [-0.05, 0) is 13.3 Å². The summed E-state index contributed by atoms with van der Waals surface area (Å²) in [5.74, 6) is 0.0728. The summed E-state index contributed by atoms with van der Waals surface area (Å²) in [4.78, 5) is 10.8. The van der Waals surface area contributed by atoms with Crippen LogP contribution in [0.25, 0.3) is 0 Å². The Morgan fingerprint density at radius 3 is 2.45 bits per heavy atom. The van der Waals surface area contributed by atoms with Crippen molar-refractivity contribution in [2.75, 3.05) is 6.54 Å². The molecule has 0 heterocycles. The van der Waals surface area contributed by atoms with E-state index in [1.807, 2.05) is 6.92 Å². The van der Waals surface area contributed by atoms with Gasteiger partial charge in [0.1, 0.15) is 0 Å². The maximum Gasteiger partial charge on any atom is 0.241 e. The Kier molecular flexibility index (Phi) is 7.21. The first kappa shape index (κ1) is 10.5. The van der Waals surface area contributed by atoms with Crippen molar-refractivity contribution in [1.82, 2.24) is 5.32 Å². The molecule has 0 fully saturated rings. The normalized spacial score (nSPS) is 9.64. The molecule has 0 saturated carbocycles. The molecule has 1 amide bonds. The summed E-state index contributed by atoms with van der Waals surface area (Å²) in [7, 11) is 0. The highest BCUT2D eigenvalue weighted by molar-refractivity contribution is 5.75. The SMILES string of the molecule is CCCCCCC(=O)[N]CC. The molecule has 2 heteroatoms. The molecular formula is C9H18NO. The monoisotopic (exact) mass is 156 g/mol. The molecule has 0 aliphatic carbocycles. The Morgan fingerprint density at radius 1 is 1.18 bits per heavy atom. The third kappa shape index (κ3) is 7.37. The van der Waals surface area contributed by atoms with E-state index >= 15 is 0 Å². The van der Waals surface area contributed by atoms with Gasteiger partial charge < -0.3 is 0 Å². The van der Waals surface area contributed by atoms with Crippen LogP contribution in [0.4, 0.5) is 0 Å². The van der Waals surface area contributed by atoms with Crippen LogP contribution in [-0.4, -0.2) is 12.5 Å². The smallest absolute Gasteiger partial charge is 0.241 e. The summed E-state index contributed by atoms with van der Waals surface area (Å²) in [6.45, 7) is 4.69. The maximum atomic E-state index is 10.8. The third-order valence-corrected chi connectivity index (χ3v) is 1.58. The van der Waals surface area contributed by atoms with Gasteiger partial charge in [-0.3, -0.25) is 10.1 Å². The number of hydrogen-bond acceptors (Lipinski definition) is 1. The lowest BCUT2D eigenvalue weighted by molar-refractivity contribution is -0.121. The fourth-order valence-electron chi connectivity index (χ4n) is 0.958. The Balaban J connectivity index is 3.04. The zero-order chi connectivity index (χ0) is 8.53. The average Bonchev–Trinajstić information content (AvgIpc) is 1.99. The van der Waals surface area contributed by atoms with Crippen LogP contribution < -0.4 is 5.32 Å². The molecule has 0 rings (SSSR count). The minimum Gasteiger partial charge on any atom is -0.273 e. The highest BCUT2D eigenvalue weighted by Crippen LogP contribution is 2.01. The second-order valence-electron chi connectivity index (χ2n) is 2.68. The first-order valence-electron chi connectivity index (χ1n) is 4.51. The van der Waals surface area contributed by atoms with E-state index in [2.05, 4.69) is 12.2 Å². The van der Waals surface area contributed by atoms with E-state index in [9.17, 15) is 4.79 Å². The van der Waals surface area contributed by atoms with Crippen LogP contribution in [0.2, 0.25) is 0 Å². The van der Waals surface area contributed by atoms with Crippen molar-refractivity contribution in [2.24, 2.45) is 0 Å². The van der Waals surface area contributed by atoms with Gasteiger partial charge in [0.25, 0.3) is 0 Å². The number of amides is 1. The van der Waals surface area contributed by atoms with Crippen LogP contribution in [0.5, 0.6) is 0 Å². The second kappa shape index (κ2) is 7.58. The van der Waals surface area contributed by atoms with Crippen molar-refractivity contribution in [3.8, 4) is 0 Å². The molecule has 0 spiro atoms. The Labute approximate surface area is 69.4 Å². The molecule has 2 nitrogen and oxygen atoms in total. The second-order valence-corrected chi connectivity index (χ2v) is 2.68. The van der Waals surface area contributed by atoms with Crippen LogP contribution >= 0.6 is 0 Å². The molecule has 0 atom stereocenters. The molecule has 65 valence electrons. The van der Waals surface area contributed by atoms with Crippen molar-refractivity contribution in [3.05, 3.63) is 0 Å². The molecule has 0 bridgehead atoms. The van der Waals surface area contributed by atoms with E-state index in [0.29, 0.717) is 13.0 Å². The topological polar surface area (TPSA) is 31.2 Å². The lowest BCUT2D eigenvalue weighted by Crippen LogP contribution is -2.14. The zero-order valence-corrected chi connectivity index (χ0v) is 7.60. The van der Waals surface area contributed by atoms with Crippen LogP contribution in [0.1, 0.15) is 46.0 Å². The molecule has 0 saturated heterocycles. The minimum atomic E-state index is 0.0728. The van der Waals surface area contributed by atoms with Crippen molar-refractivity contribution in [2.45, 2.75) is 46.0 Å². The molecule has 0 aromatic heterocycles. The van der Waals surface area contributed by atoms with Crippen molar-refractivity contribution < 1.29 is 4.79 Å². The van der Waals surface area contributed by atoms with E-state index in [-0.39, 0.29) is 5.91 Å². The number of hydrogen-bond donors (Lipinski definition) is 0. The molecule has 0 unspecified atom stereocenters. The van der Waals surface area contributed by atoms with E-state index in [0.717, 1.165) is 6.42 Å². The zero-order valence-electron chi connectivity index (χ0n) is 7.60. The van der Waals surface area contributed by atoms with Crippen LogP contribution in [0, 0.1) is 0 Å². The quantitative estimate of drug-likeness (QED) is 0.542. The van der Waals surface area contributed by atoms with E-state index in [1.165, 1.54) is 19.3 Å². The van der Waals surface area contributed by atoms with Crippen molar-refractivity contribution in [3.63, 3.8) is 0 Å². The van der Waals surface area contributed by atoms with Crippen LogP contribution in [-0.2, 0) is 4.79 Å². The standard InChI is InChI=1S/C9H18NO/c1-3-5-6-7-8-9(11)10-4-2/h3-8H2,1-2H3. The summed E-state index contributed by atoms with van der Waals surface area (Å²) in [5, 5.41) is 3.78. The molecule has 0 N–H and O–H groups in total. The maximum absolute atomic E-state index is 10.8. The highest BCUT2D eigenvalue weighted by Gasteiger charge is 1.98. The minimum absolute atomic E-state index is 0.0728. The van der Waals surface area contributed by atoms with Crippen molar-refractivity contribution in [1.29, 1.82) is 0 Å². The lowest BCUT2D eigenvalue weighted by atomic mass is 10.1. The predicted molar refractivity (Wildman–Crippen MR) is 46.4 cm³/mol. The third-order valence-electron chi connectivity index (χ3n) is 1.58. The Bertz CT molecular complexity index is 102. The number of rotatable bonds is 6. The van der Waals surface area contributed by atoms with Crippen LogP contribution in [0.15, 0.2) is 0 Å². The number of carbonyl (C=O) groups excluding carboxylic acids is 1. The average molecular weight is 156 g/mol. The molecule has 0 aliphatic heterocycles. The summed E-state index contributed by atoms with van der Waals surface area (Å²) < 4.78 is 0. The lowest BCUT2D eigenvalue weighted by Gasteiger charge is -1.98. The molecule has 0 aromatic rings. The number of nitrogens with zero attached hydrogens (tertiary/aromatic N) is 1. The number of unbranched alkanes of at least 4 members (excludes halogenated alkanes) is 3. The summed E-state index contributed by atoms with van der Waals surface area (Å²) in [6, 6.07) is 0. The first-order valence-corrected chi connectivity index (χ1v) is 4.51. The van der Waals surface area contributed by atoms with Gasteiger partial charge in [0.05, 0.1) is 0 Å². The van der Waals surface area contributed by atoms with Gasteiger partial charge in [-0.15, -0.1) is 0 Å². The Morgan fingerprint density at radius 2 is 1.91 bits per heavy atom. The van der Waals surface area contributed by atoms with Crippen molar-refractivity contribution >= 4 is 5.91 Å². The van der Waals surface area contributed by atoms with Gasteiger partial charge in [0, 0.05) is 13.0 Å². The summed E-state index contributed by atoms with van der Waals surface area (Å²) in [6.07, 6.45) is 5.28. The fraction of sp³-hybridized carbons (Fsp3) is 0.889. The first-order chi connectivity index (χ1) is 5.31. The van der Waals surface area contributed by atoms with E-state index in [4.69, 9.17) is 0 Å². The predicted octanol–water partition coefficient (Wildman–Crippen LogP) is 2.11.